The summed E-state index contributed by atoms with van der Waals surface area (Å²) in [6.45, 7) is 6.30. The van der Waals surface area contributed by atoms with Crippen molar-refractivity contribution in [2.45, 2.75) is 83.4 Å². The Morgan fingerprint density at radius 1 is 0.946 bits per heavy atom. The number of nitrogens with zero attached hydrogens (tertiary/aromatic N) is 3. The van der Waals surface area contributed by atoms with Gasteiger partial charge >= 0.3 is 6.09 Å². The summed E-state index contributed by atoms with van der Waals surface area (Å²) in [6.07, 6.45) is 6.13. The number of benzene rings is 2. The van der Waals surface area contributed by atoms with Gasteiger partial charge in [-0.1, -0.05) is 43.5 Å². The topological polar surface area (TPSA) is 93.2 Å². The van der Waals surface area contributed by atoms with Crippen LogP contribution in [0.2, 0.25) is 0 Å². The molecule has 0 bridgehead atoms. The Morgan fingerprint density at radius 3 is 2.16 bits per heavy atom. The maximum atomic E-state index is 13.5. The molecule has 1 aliphatic carbocycles. The van der Waals surface area contributed by atoms with Gasteiger partial charge in [-0.05, 0) is 64.0 Å². The van der Waals surface area contributed by atoms with Crippen molar-refractivity contribution in [2.24, 2.45) is 0 Å². The molecule has 37 heavy (non-hydrogen) atoms. The SMILES string of the molecule is CN(C(=O)c1ccc(N(C2CCN(C(=O)OC(C)(C)C)CC2)S(=O)[O-])c2ccccc12)C1CCCCC1. The molecule has 0 N–H and O–H groups in total. The third-order valence-corrected chi connectivity index (χ3v) is 8.24. The predicted molar refractivity (Wildman–Crippen MR) is 145 cm³/mol. The van der Waals surface area contributed by atoms with Gasteiger partial charge in [0.25, 0.3) is 5.91 Å². The molecule has 2 aliphatic rings. The molecule has 1 saturated carbocycles. The number of hydrogen-bond acceptors (Lipinski definition) is 5. The standard InChI is InChI=1S/C28H39N3O5S/c1-28(2,3)36-27(33)30-18-16-21(17-19-30)31(37(34)35)25-15-14-24(22-12-8-9-13-23(22)25)26(32)29(4)20-10-6-5-7-11-20/h8-9,12-15,20-21H,5-7,10-11,16-19H2,1-4H3,(H,34,35)/p-1. The van der Waals surface area contributed by atoms with Gasteiger partial charge in [0.1, 0.15) is 5.60 Å². The molecule has 0 radical (unpaired) electrons. The second-order valence-corrected chi connectivity index (χ2v) is 12.0. The molecule has 1 heterocycles. The van der Waals surface area contributed by atoms with E-state index in [0.717, 1.165) is 36.5 Å². The van der Waals surface area contributed by atoms with Crippen LogP contribution in [-0.2, 0) is 16.0 Å². The number of amides is 2. The Hall–Kier alpha value is -2.65. The van der Waals surface area contributed by atoms with E-state index >= 15 is 0 Å². The summed E-state index contributed by atoms with van der Waals surface area (Å²) < 4.78 is 31.9. The van der Waals surface area contributed by atoms with Crippen LogP contribution in [0.4, 0.5) is 10.5 Å². The van der Waals surface area contributed by atoms with Crippen LogP contribution in [0.5, 0.6) is 0 Å². The lowest BCUT2D eigenvalue weighted by Gasteiger charge is -2.40. The quantitative estimate of drug-likeness (QED) is 0.495. The average Bonchev–Trinajstić information content (AvgIpc) is 2.88. The highest BCUT2D eigenvalue weighted by Gasteiger charge is 2.32. The van der Waals surface area contributed by atoms with E-state index in [9.17, 15) is 18.4 Å². The van der Waals surface area contributed by atoms with Gasteiger partial charge in [-0.25, -0.2) is 4.79 Å². The summed E-state index contributed by atoms with van der Waals surface area (Å²) in [5, 5.41) is 1.47. The maximum absolute atomic E-state index is 13.5. The van der Waals surface area contributed by atoms with Crippen molar-refractivity contribution in [3.8, 4) is 0 Å². The lowest BCUT2D eigenvalue weighted by atomic mass is 9.93. The first-order valence-corrected chi connectivity index (χ1v) is 14.3. The van der Waals surface area contributed by atoms with E-state index in [1.807, 2.05) is 57.0 Å². The molecule has 1 aliphatic heterocycles. The van der Waals surface area contributed by atoms with Crippen LogP contribution in [-0.4, -0.2) is 68.4 Å². The first-order valence-electron chi connectivity index (χ1n) is 13.2. The first-order chi connectivity index (χ1) is 17.6. The highest BCUT2D eigenvalue weighted by molar-refractivity contribution is 7.80. The van der Waals surface area contributed by atoms with Crippen LogP contribution in [0.3, 0.4) is 0 Å². The number of ether oxygens (including phenoxy) is 1. The van der Waals surface area contributed by atoms with E-state index in [1.165, 1.54) is 10.7 Å². The van der Waals surface area contributed by atoms with Gasteiger partial charge < -0.3 is 19.1 Å². The number of rotatable bonds is 5. The Morgan fingerprint density at radius 2 is 1.57 bits per heavy atom. The number of hydrogen-bond donors (Lipinski definition) is 0. The largest absolute Gasteiger partial charge is 0.755 e. The molecule has 202 valence electrons. The fourth-order valence-corrected chi connectivity index (χ4v) is 6.27. The third-order valence-electron chi connectivity index (χ3n) is 7.42. The summed E-state index contributed by atoms with van der Waals surface area (Å²) >= 11 is -2.52. The van der Waals surface area contributed by atoms with E-state index in [0.29, 0.717) is 37.2 Å². The minimum atomic E-state index is -2.52. The molecular formula is C28H38N3O5S-. The average molecular weight is 529 g/mol. The maximum Gasteiger partial charge on any atom is 0.410 e. The molecule has 2 aromatic carbocycles. The van der Waals surface area contributed by atoms with E-state index < -0.39 is 16.9 Å². The van der Waals surface area contributed by atoms with Crippen LogP contribution in [0.1, 0.15) is 76.1 Å². The smallest absolute Gasteiger partial charge is 0.410 e. The molecule has 0 aromatic heterocycles. The zero-order chi connectivity index (χ0) is 26.7. The summed E-state index contributed by atoms with van der Waals surface area (Å²) in [5.74, 6) is -0.0323. The van der Waals surface area contributed by atoms with Gasteiger partial charge in [-0.2, -0.15) is 0 Å². The summed E-state index contributed by atoms with van der Waals surface area (Å²) in [4.78, 5) is 29.5. The summed E-state index contributed by atoms with van der Waals surface area (Å²) in [6, 6.07) is 10.9. The number of carbonyl (C=O) groups excluding carboxylic acids is 2. The first kappa shape index (κ1) is 27.4. The lowest BCUT2D eigenvalue weighted by Crippen LogP contribution is -2.48. The van der Waals surface area contributed by atoms with Gasteiger partial charge in [0.15, 0.2) is 0 Å². The molecule has 2 amide bonds. The molecule has 0 spiro atoms. The fraction of sp³-hybridized carbons (Fsp3) is 0.571. The van der Waals surface area contributed by atoms with Gasteiger partial charge in [0, 0.05) is 54.4 Å². The van der Waals surface area contributed by atoms with Crippen molar-refractivity contribution >= 4 is 39.7 Å². The van der Waals surface area contributed by atoms with E-state index in [1.54, 1.807) is 17.0 Å². The van der Waals surface area contributed by atoms with Crippen molar-refractivity contribution in [1.29, 1.82) is 0 Å². The second-order valence-electron chi connectivity index (χ2n) is 11.1. The number of fused-ring (bicyclic) bond motifs is 1. The molecule has 1 atom stereocenters. The molecule has 2 fully saturated rings. The number of likely N-dealkylation sites (tertiary alicyclic amines) is 1. The summed E-state index contributed by atoms with van der Waals surface area (Å²) in [7, 11) is 1.87. The molecule has 2 aromatic rings. The van der Waals surface area contributed by atoms with Crippen LogP contribution < -0.4 is 4.31 Å². The van der Waals surface area contributed by atoms with Crippen LogP contribution in [0.15, 0.2) is 36.4 Å². The second kappa shape index (κ2) is 11.4. The van der Waals surface area contributed by atoms with Crippen molar-refractivity contribution in [3.63, 3.8) is 0 Å². The molecule has 8 nitrogen and oxygen atoms in total. The highest BCUT2D eigenvalue weighted by Crippen LogP contribution is 2.35. The van der Waals surface area contributed by atoms with E-state index in [2.05, 4.69) is 0 Å². The fourth-order valence-electron chi connectivity index (χ4n) is 5.49. The van der Waals surface area contributed by atoms with E-state index in [4.69, 9.17) is 4.74 Å². The minimum absolute atomic E-state index is 0.0323. The number of piperidine rings is 1. The van der Waals surface area contributed by atoms with Crippen molar-refractivity contribution in [2.75, 3.05) is 24.4 Å². The molecular weight excluding hydrogens is 490 g/mol. The molecule has 4 rings (SSSR count). The highest BCUT2D eigenvalue weighted by atomic mass is 32.2. The normalized spacial score (nSPS) is 18.5. The lowest BCUT2D eigenvalue weighted by molar-refractivity contribution is 0.0207. The van der Waals surface area contributed by atoms with Crippen molar-refractivity contribution in [3.05, 3.63) is 42.0 Å². The van der Waals surface area contributed by atoms with Crippen LogP contribution in [0, 0.1) is 0 Å². The Kier molecular flexibility index (Phi) is 8.43. The van der Waals surface area contributed by atoms with Gasteiger partial charge in [-0.15, -0.1) is 0 Å². The van der Waals surface area contributed by atoms with Crippen LogP contribution in [0.25, 0.3) is 10.8 Å². The zero-order valence-electron chi connectivity index (χ0n) is 22.3. The third kappa shape index (κ3) is 6.26. The molecule has 1 unspecified atom stereocenters. The number of carbonyl (C=O) groups is 2. The van der Waals surface area contributed by atoms with Crippen molar-refractivity contribution < 1.29 is 23.1 Å². The monoisotopic (exact) mass is 528 g/mol. The number of anilines is 1. The Bertz CT molecular complexity index is 1150. The Balaban J connectivity index is 1.58. The molecule has 9 heteroatoms. The van der Waals surface area contributed by atoms with Gasteiger partial charge in [0.05, 0.1) is 5.69 Å². The summed E-state index contributed by atoms with van der Waals surface area (Å²) in [5.41, 5.74) is 0.555. The molecule has 1 saturated heterocycles. The van der Waals surface area contributed by atoms with Crippen molar-refractivity contribution in [1.82, 2.24) is 9.80 Å². The van der Waals surface area contributed by atoms with Gasteiger partial charge in [0.2, 0.25) is 0 Å². The predicted octanol–water partition coefficient (Wildman–Crippen LogP) is 5.24. The van der Waals surface area contributed by atoms with Crippen LogP contribution >= 0.6 is 0 Å². The minimum Gasteiger partial charge on any atom is -0.755 e. The van der Waals surface area contributed by atoms with E-state index in [-0.39, 0.29) is 24.1 Å². The Labute approximate surface area is 222 Å². The zero-order valence-corrected chi connectivity index (χ0v) is 23.1. The van der Waals surface area contributed by atoms with Gasteiger partial charge in [-0.3, -0.25) is 13.3 Å².